The summed E-state index contributed by atoms with van der Waals surface area (Å²) in [7, 11) is 0. The number of hydrogen-bond acceptors (Lipinski definition) is 5. The molecule has 3 saturated heterocycles. The molecule has 0 aromatic heterocycles. The van der Waals surface area contributed by atoms with Crippen molar-refractivity contribution in [3.8, 4) is 0 Å². The van der Waals surface area contributed by atoms with E-state index in [0.717, 1.165) is 25.9 Å². The van der Waals surface area contributed by atoms with E-state index in [1.807, 2.05) is 9.80 Å². The number of rotatable bonds is 4. The van der Waals surface area contributed by atoms with Crippen molar-refractivity contribution in [2.75, 3.05) is 59.0 Å². The summed E-state index contributed by atoms with van der Waals surface area (Å²) in [6.07, 6.45) is 2.18. The number of carbonyl (C=O) groups is 3. The molecule has 0 aromatic carbocycles. The van der Waals surface area contributed by atoms with E-state index in [4.69, 9.17) is 4.74 Å². The minimum absolute atomic E-state index is 0.0532. The Bertz CT molecular complexity index is 546. The van der Waals surface area contributed by atoms with E-state index in [1.165, 1.54) is 0 Å². The van der Waals surface area contributed by atoms with E-state index in [9.17, 15) is 14.4 Å². The molecule has 1 N–H and O–H groups in total. The quantitative estimate of drug-likeness (QED) is 0.723. The minimum Gasteiger partial charge on any atom is -0.366 e. The lowest BCUT2D eigenvalue weighted by atomic mass is 9.95. The molecule has 0 aliphatic carbocycles. The fraction of sp³-hybridized carbons (Fsp3) is 0.842. The largest absolute Gasteiger partial charge is 0.366 e. The van der Waals surface area contributed by atoms with Gasteiger partial charge in [0.05, 0.1) is 6.61 Å². The summed E-state index contributed by atoms with van der Waals surface area (Å²) >= 11 is 0. The second kappa shape index (κ2) is 9.50. The smallest absolute Gasteiger partial charge is 0.253 e. The van der Waals surface area contributed by atoms with Gasteiger partial charge in [0, 0.05) is 58.7 Å². The first-order valence-corrected chi connectivity index (χ1v) is 10.2. The van der Waals surface area contributed by atoms with Crippen molar-refractivity contribution < 1.29 is 19.1 Å². The summed E-state index contributed by atoms with van der Waals surface area (Å²) in [5.74, 6) is 0.495. The van der Waals surface area contributed by atoms with Gasteiger partial charge in [0.15, 0.2) is 0 Å². The summed E-state index contributed by atoms with van der Waals surface area (Å²) in [5, 5.41) is 2.84. The van der Waals surface area contributed by atoms with E-state index in [2.05, 4.69) is 17.1 Å². The van der Waals surface area contributed by atoms with Crippen LogP contribution in [-0.4, -0.2) is 97.5 Å². The van der Waals surface area contributed by atoms with Crippen LogP contribution in [0.4, 0.5) is 0 Å². The minimum atomic E-state index is -0.383. The third kappa shape index (κ3) is 5.42. The summed E-state index contributed by atoms with van der Waals surface area (Å²) in [6.45, 7) is 8.26. The van der Waals surface area contributed by atoms with Gasteiger partial charge in [-0.25, -0.2) is 0 Å². The van der Waals surface area contributed by atoms with Crippen molar-refractivity contribution in [1.82, 2.24) is 20.0 Å². The molecule has 3 heterocycles. The van der Waals surface area contributed by atoms with Crippen LogP contribution in [0.25, 0.3) is 0 Å². The number of piperidine rings is 1. The molecule has 2 unspecified atom stereocenters. The highest BCUT2D eigenvalue weighted by atomic mass is 16.5. The molecule has 3 fully saturated rings. The Morgan fingerprint density at radius 2 is 1.93 bits per heavy atom. The third-order valence-corrected chi connectivity index (χ3v) is 5.86. The number of hydrogen-bond donors (Lipinski definition) is 1. The summed E-state index contributed by atoms with van der Waals surface area (Å²) in [4.78, 5) is 42.7. The fourth-order valence-electron chi connectivity index (χ4n) is 4.06. The molecule has 2 atom stereocenters. The Morgan fingerprint density at radius 3 is 2.67 bits per heavy atom. The summed E-state index contributed by atoms with van der Waals surface area (Å²) in [5.41, 5.74) is 0. The first-order valence-electron chi connectivity index (χ1n) is 10.2. The predicted molar refractivity (Wildman–Crippen MR) is 100.0 cm³/mol. The molecular formula is C19H32N4O4. The van der Waals surface area contributed by atoms with Gasteiger partial charge in [0.25, 0.3) is 5.91 Å². The molecule has 0 radical (unpaired) electrons. The maximum Gasteiger partial charge on any atom is 0.253 e. The summed E-state index contributed by atoms with van der Waals surface area (Å²) in [6, 6.07) is 0. The molecular weight excluding hydrogens is 348 g/mol. The summed E-state index contributed by atoms with van der Waals surface area (Å²) < 4.78 is 5.70. The molecule has 3 amide bonds. The lowest BCUT2D eigenvalue weighted by Gasteiger charge is -2.34. The van der Waals surface area contributed by atoms with Gasteiger partial charge in [0.2, 0.25) is 11.8 Å². The average molecular weight is 380 g/mol. The zero-order valence-electron chi connectivity index (χ0n) is 16.3. The average Bonchev–Trinajstić information content (AvgIpc) is 2.95. The molecule has 27 heavy (non-hydrogen) atoms. The fourth-order valence-corrected chi connectivity index (χ4v) is 4.06. The van der Waals surface area contributed by atoms with Crippen LogP contribution in [0.15, 0.2) is 0 Å². The lowest BCUT2D eigenvalue weighted by molar-refractivity contribution is -0.149. The number of likely N-dealkylation sites (N-methyl/N-ethyl adjacent to an activating group) is 1. The van der Waals surface area contributed by atoms with Crippen molar-refractivity contribution in [3.63, 3.8) is 0 Å². The van der Waals surface area contributed by atoms with E-state index in [-0.39, 0.29) is 29.7 Å². The first-order chi connectivity index (χ1) is 13.1. The number of amides is 3. The van der Waals surface area contributed by atoms with Gasteiger partial charge in [0.1, 0.15) is 6.10 Å². The highest BCUT2D eigenvalue weighted by molar-refractivity contribution is 5.82. The van der Waals surface area contributed by atoms with E-state index < -0.39 is 0 Å². The van der Waals surface area contributed by atoms with Crippen molar-refractivity contribution >= 4 is 17.7 Å². The van der Waals surface area contributed by atoms with Crippen LogP contribution in [0.1, 0.15) is 32.6 Å². The number of nitrogens with zero attached hydrogens (tertiary/aromatic N) is 3. The SMILES string of the molecule is CCN1CCOC(C(=O)N2CCCN(C(=O)CC3CCC(=O)NC3)CC2)C1. The van der Waals surface area contributed by atoms with Gasteiger partial charge in [-0.1, -0.05) is 6.92 Å². The molecule has 0 spiro atoms. The molecule has 0 aromatic rings. The van der Waals surface area contributed by atoms with Gasteiger partial charge in [-0.05, 0) is 25.3 Å². The van der Waals surface area contributed by atoms with Crippen LogP contribution in [0.2, 0.25) is 0 Å². The van der Waals surface area contributed by atoms with E-state index in [1.54, 1.807) is 0 Å². The van der Waals surface area contributed by atoms with Gasteiger partial charge in [-0.3, -0.25) is 19.3 Å². The first kappa shape index (κ1) is 20.1. The Labute approximate surface area is 161 Å². The number of nitrogens with one attached hydrogen (secondary N) is 1. The topological polar surface area (TPSA) is 82.2 Å². The number of ether oxygens (including phenoxy) is 1. The van der Waals surface area contributed by atoms with Crippen LogP contribution >= 0.6 is 0 Å². The number of morpholine rings is 1. The highest BCUT2D eigenvalue weighted by Gasteiger charge is 2.31. The van der Waals surface area contributed by atoms with Gasteiger partial charge in [-0.15, -0.1) is 0 Å². The van der Waals surface area contributed by atoms with Crippen LogP contribution in [0.5, 0.6) is 0 Å². The van der Waals surface area contributed by atoms with Crippen LogP contribution in [-0.2, 0) is 19.1 Å². The molecule has 152 valence electrons. The van der Waals surface area contributed by atoms with Crippen LogP contribution < -0.4 is 5.32 Å². The maximum atomic E-state index is 12.8. The van der Waals surface area contributed by atoms with Gasteiger partial charge < -0.3 is 19.9 Å². The predicted octanol–water partition coefficient (Wildman–Crippen LogP) is -0.316. The lowest BCUT2D eigenvalue weighted by Crippen LogP contribution is -2.51. The molecule has 8 nitrogen and oxygen atoms in total. The highest BCUT2D eigenvalue weighted by Crippen LogP contribution is 2.17. The second-order valence-electron chi connectivity index (χ2n) is 7.73. The van der Waals surface area contributed by atoms with Crippen molar-refractivity contribution in [3.05, 3.63) is 0 Å². The Balaban J connectivity index is 1.47. The zero-order valence-corrected chi connectivity index (χ0v) is 16.3. The maximum absolute atomic E-state index is 12.8. The zero-order chi connectivity index (χ0) is 19.2. The van der Waals surface area contributed by atoms with Crippen molar-refractivity contribution in [2.24, 2.45) is 5.92 Å². The normalized spacial score (nSPS) is 27.8. The Kier molecular flexibility index (Phi) is 7.07. The van der Waals surface area contributed by atoms with Gasteiger partial charge >= 0.3 is 0 Å². The van der Waals surface area contributed by atoms with Crippen molar-refractivity contribution in [1.29, 1.82) is 0 Å². The Morgan fingerprint density at radius 1 is 1.15 bits per heavy atom. The van der Waals surface area contributed by atoms with E-state index in [0.29, 0.717) is 58.7 Å². The van der Waals surface area contributed by atoms with Crippen LogP contribution in [0, 0.1) is 5.92 Å². The van der Waals surface area contributed by atoms with Crippen molar-refractivity contribution in [2.45, 2.75) is 38.7 Å². The monoisotopic (exact) mass is 380 g/mol. The third-order valence-electron chi connectivity index (χ3n) is 5.86. The molecule has 0 saturated carbocycles. The Hall–Kier alpha value is -1.67. The van der Waals surface area contributed by atoms with E-state index >= 15 is 0 Å². The molecule has 8 heteroatoms. The molecule has 3 aliphatic rings. The number of carbonyl (C=O) groups excluding carboxylic acids is 3. The molecule has 0 bridgehead atoms. The molecule has 3 aliphatic heterocycles. The van der Waals surface area contributed by atoms with Gasteiger partial charge in [-0.2, -0.15) is 0 Å². The standard InChI is InChI=1S/C19H32N4O4/c1-2-21-10-11-27-16(14-21)19(26)23-7-3-6-22(8-9-23)18(25)12-15-4-5-17(24)20-13-15/h15-16H,2-14H2,1H3,(H,20,24). The van der Waals surface area contributed by atoms with Crippen LogP contribution in [0.3, 0.4) is 0 Å². The second-order valence-corrected chi connectivity index (χ2v) is 7.73. The molecule has 3 rings (SSSR count).